The molecule has 1 aliphatic heterocycles. The van der Waals surface area contributed by atoms with Crippen molar-refractivity contribution < 1.29 is 4.79 Å². The van der Waals surface area contributed by atoms with Gasteiger partial charge in [-0.3, -0.25) is 9.78 Å². The number of pyridine rings is 1. The zero-order valence-corrected chi connectivity index (χ0v) is 18.0. The number of likely N-dealkylation sites (tertiary alicyclic amines) is 1. The summed E-state index contributed by atoms with van der Waals surface area (Å²) in [5.74, 6) is 1.04. The maximum absolute atomic E-state index is 12.9. The summed E-state index contributed by atoms with van der Waals surface area (Å²) in [4.78, 5) is 19.5. The van der Waals surface area contributed by atoms with Crippen LogP contribution in [0.2, 0.25) is 0 Å². The minimum atomic E-state index is 0. The monoisotopic (exact) mass is 427 g/mol. The number of aromatic nitrogens is 1. The molecule has 0 aromatic carbocycles. The second-order valence-corrected chi connectivity index (χ2v) is 8.04. The van der Waals surface area contributed by atoms with E-state index in [1.165, 1.54) is 12.8 Å². The molecular weight excluding hydrogens is 401 g/mol. The maximum Gasteiger partial charge on any atom is 0.255 e. The van der Waals surface area contributed by atoms with Gasteiger partial charge in [-0.1, -0.05) is 0 Å². The van der Waals surface area contributed by atoms with Crippen LogP contribution in [0.3, 0.4) is 0 Å². The first kappa shape index (κ1) is 22.2. The largest absolute Gasteiger partial charge is 0.338 e. The fourth-order valence-electron chi connectivity index (χ4n) is 3.47. The van der Waals surface area contributed by atoms with Crippen LogP contribution in [0, 0.1) is 12.8 Å². The van der Waals surface area contributed by atoms with E-state index in [2.05, 4.69) is 21.7 Å². The Morgan fingerprint density at radius 2 is 1.93 bits per heavy atom. The average molecular weight is 428 g/mol. The van der Waals surface area contributed by atoms with Crippen LogP contribution in [0.25, 0.3) is 11.3 Å². The van der Waals surface area contributed by atoms with Gasteiger partial charge in [0, 0.05) is 30.1 Å². The predicted octanol–water partition coefficient (Wildman–Crippen LogP) is 4.57. The first-order valence-electron chi connectivity index (χ1n) is 9.23. The molecule has 2 aromatic rings. The lowest BCUT2D eigenvalue weighted by Crippen LogP contribution is -2.45. The minimum absolute atomic E-state index is 0. The standard InChI is InChI=1S/C20H25N3OS.2ClH/c1-14-18(4-5-19(22-14)16-8-11-25-13-16)20(24)23-9-6-17(7-10-23)21-12-15-2-3-15;;/h4-5,8,11,13,15,17,21H,2-3,6-7,9-10,12H2,1H3;2*1H. The molecule has 27 heavy (non-hydrogen) atoms. The summed E-state index contributed by atoms with van der Waals surface area (Å²) in [6, 6.07) is 6.54. The summed E-state index contributed by atoms with van der Waals surface area (Å²) in [5, 5.41) is 7.80. The SMILES string of the molecule is Cc1nc(-c2ccsc2)ccc1C(=O)N1CCC(NCC2CC2)CC1.Cl.Cl. The van der Waals surface area contributed by atoms with Gasteiger partial charge in [-0.2, -0.15) is 11.3 Å². The fourth-order valence-corrected chi connectivity index (χ4v) is 4.12. The molecule has 4 rings (SSSR count). The molecule has 4 nitrogen and oxygen atoms in total. The van der Waals surface area contributed by atoms with Gasteiger partial charge in [-0.15, -0.1) is 24.8 Å². The van der Waals surface area contributed by atoms with Gasteiger partial charge in [-0.25, -0.2) is 0 Å². The number of thiophene rings is 1. The van der Waals surface area contributed by atoms with Crippen molar-refractivity contribution >= 4 is 42.1 Å². The van der Waals surface area contributed by atoms with Crippen LogP contribution >= 0.6 is 36.2 Å². The van der Waals surface area contributed by atoms with Crippen molar-refractivity contribution in [3.8, 4) is 11.3 Å². The molecule has 2 aliphatic rings. The summed E-state index contributed by atoms with van der Waals surface area (Å²) in [7, 11) is 0. The number of carbonyl (C=O) groups is 1. The number of hydrogen-bond acceptors (Lipinski definition) is 4. The van der Waals surface area contributed by atoms with Crippen LogP contribution in [0.15, 0.2) is 29.0 Å². The molecule has 2 fully saturated rings. The van der Waals surface area contributed by atoms with E-state index >= 15 is 0 Å². The predicted molar refractivity (Wildman–Crippen MR) is 116 cm³/mol. The molecule has 0 bridgehead atoms. The lowest BCUT2D eigenvalue weighted by molar-refractivity contribution is 0.0704. The van der Waals surface area contributed by atoms with Gasteiger partial charge < -0.3 is 10.2 Å². The molecular formula is C20H27Cl2N3OS. The zero-order valence-electron chi connectivity index (χ0n) is 15.5. The highest BCUT2D eigenvalue weighted by atomic mass is 35.5. The lowest BCUT2D eigenvalue weighted by Gasteiger charge is -2.33. The third kappa shape index (κ3) is 5.44. The van der Waals surface area contributed by atoms with Gasteiger partial charge in [0.15, 0.2) is 0 Å². The van der Waals surface area contributed by atoms with Crippen molar-refractivity contribution in [2.45, 2.75) is 38.6 Å². The van der Waals surface area contributed by atoms with E-state index in [-0.39, 0.29) is 30.7 Å². The van der Waals surface area contributed by atoms with E-state index in [1.807, 2.05) is 29.3 Å². The van der Waals surface area contributed by atoms with Crippen LogP contribution in [-0.2, 0) is 0 Å². The van der Waals surface area contributed by atoms with Gasteiger partial charge in [0.25, 0.3) is 5.91 Å². The summed E-state index contributed by atoms with van der Waals surface area (Å²) in [6.07, 6.45) is 4.88. The molecule has 2 aromatic heterocycles. The number of rotatable bonds is 5. The number of hydrogen-bond donors (Lipinski definition) is 1. The highest BCUT2D eigenvalue weighted by Gasteiger charge is 2.27. The van der Waals surface area contributed by atoms with E-state index in [4.69, 9.17) is 0 Å². The van der Waals surface area contributed by atoms with Gasteiger partial charge in [0.1, 0.15) is 0 Å². The molecule has 7 heteroatoms. The molecule has 1 saturated heterocycles. The molecule has 3 heterocycles. The summed E-state index contributed by atoms with van der Waals surface area (Å²) in [6.45, 7) is 4.78. The minimum Gasteiger partial charge on any atom is -0.338 e. The normalized spacial score (nSPS) is 17.1. The first-order valence-corrected chi connectivity index (χ1v) is 10.2. The van der Waals surface area contributed by atoms with Crippen molar-refractivity contribution in [2.24, 2.45) is 5.92 Å². The Balaban J connectivity index is 0.00000131. The number of amides is 1. The highest BCUT2D eigenvalue weighted by Crippen LogP contribution is 2.28. The third-order valence-electron chi connectivity index (χ3n) is 5.31. The number of nitrogens with zero attached hydrogens (tertiary/aromatic N) is 2. The summed E-state index contributed by atoms with van der Waals surface area (Å²) >= 11 is 1.66. The summed E-state index contributed by atoms with van der Waals surface area (Å²) < 4.78 is 0. The van der Waals surface area contributed by atoms with Crippen LogP contribution in [0.4, 0.5) is 0 Å². The second kappa shape index (κ2) is 9.87. The number of carbonyl (C=O) groups excluding carboxylic acids is 1. The number of aryl methyl sites for hydroxylation is 1. The topological polar surface area (TPSA) is 45.2 Å². The Morgan fingerprint density at radius 3 is 2.52 bits per heavy atom. The van der Waals surface area contributed by atoms with E-state index in [0.29, 0.717) is 6.04 Å². The Morgan fingerprint density at radius 1 is 1.19 bits per heavy atom. The van der Waals surface area contributed by atoms with Gasteiger partial charge >= 0.3 is 0 Å². The van der Waals surface area contributed by atoms with Gasteiger partial charge in [0.05, 0.1) is 17.0 Å². The number of piperidine rings is 1. The second-order valence-electron chi connectivity index (χ2n) is 7.26. The van der Waals surface area contributed by atoms with Crippen molar-refractivity contribution in [3.05, 3.63) is 40.2 Å². The molecule has 1 amide bonds. The molecule has 1 aliphatic carbocycles. The van der Waals surface area contributed by atoms with E-state index in [0.717, 1.165) is 60.9 Å². The van der Waals surface area contributed by atoms with Crippen LogP contribution < -0.4 is 5.32 Å². The van der Waals surface area contributed by atoms with Crippen LogP contribution in [-0.4, -0.2) is 41.5 Å². The Kier molecular flexibility index (Phi) is 8.10. The highest BCUT2D eigenvalue weighted by molar-refractivity contribution is 7.08. The van der Waals surface area contributed by atoms with Crippen LogP contribution in [0.1, 0.15) is 41.7 Å². The van der Waals surface area contributed by atoms with E-state index in [1.54, 1.807) is 11.3 Å². The first-order chi connectivity index (χ1) is 12.2. The van der Waals surface area contributed by atoms with Crippen molar-refractivity contribution in [1.29, 1.82) is 0 Å². The van der Waals surface area contributed by atoms with Crippen molar-refractivity contribution in [2.75, 3.05) is 19.6 Å². The zero-order chi connectivity index (χ0) is 17.2. The van der Waals surface area contributed by atoms with Crippen molar-refractivity contribution in [3.63, 3.8) is 0 Å². The van der Waals surface area contributed by atoms with Crippen LogP contribution in [0.5, 0.6) is 0 Å². The molecule has 0 radical (unpaired) electrons. The fraction of sp³-hybridized carbons (Fsp3) is 0.500. The molecule has 0 unspecified atom stereocenters. The van der Waals surface area contributed by atoms with Gasteiger partial charge in [0.2, 0.25) is 0 Å². The van der Waals surface area contributed by atoms with E-state index < -0.39 is 0 Å². The average Bonchev–Trinajstić information content (AvgIpc) is 3.30. The van der Waals surface area contributed by atoms with E-state index in [9.17, 15) is 4.79 Å². The maximum atomic E-state index is 12.9. The summed E-state index contributed by atoms with van der Waals surface area (Å²) in [5.41, 5.74) is 3.62. The number of nitrogens with one attached hydrogen (secondary N) is 1. The molecule has 1 N–H and O–H groups in total. The number of halogens is 2. The Bertz CT molecular complexity index is 742. The molecule has 1 saturated carbocycles. The Labute approximate surface area is 177 Å². The Hall–Kier alpha value is -1.14. The third-order valence-corrected chi connectivity index (χ3v) is 5.99. The lowest BCUT2D eigenvalue weighted by atomic mass is 10.0. The van der Waals surface area contributed by atoms with Crippen molar-refractivity contribution in [1.82, 2.24) is 15.2 Å². The molecule has 0 atom stereocenters. The smallest absolute Gasteiger partial charge is 0.255 e. The quantitative estimate of drug-likeness (QED) is 0.759. The van der Waals surface area contributed by atoms with Gasteiger partial charge in [-0.05, 0) is 68.6 Å². The molecule has 148 valence electrons. The molecule has 0 spiro atoms.